The van der Waals surface area contributed by atoms with Gasteiger partial charge in [0.05, 0.1) is 6.57 Å². The molecular formula is C14H12F4N4. The van der Waals surface area contributed by atoms with Gasteiger partial charge in [-0.15, -0.1) is 0 Å². The fourth-order valence-corrected chi connectivity index (χ4v) is 1.39. The first kappa shape index (κ1) is 17.3. The van der Waals surface area contributed by atoms with Crippen molar-refractivity contribution in [1.82, 2.24) is 0 Å². The first-order chi connectivity index (χ1) is 10.3. The largest absolute Gasteiger partial charge is 0.394 e. The van der Waals surface area contributed by atoms with E-state index >= 15 is 0 Å². The molecule has 0 saturated heterocycles. The van der Waals surface area contributed by atoms with E-state index in [0.717, 1.165) is 24.3 Å². The summed E-state index contributed by atoms with van der Waals surface area (Å²) in [5, 5.41) is 0. The Labute approximate surface area is 124 Å². The van der Waals surface area contributed by atoms with E-state index in [1.807, 2.05) is 0 Å². The van der Waals surface area contributed by atoms with Crippen molar-refractivity contribution in [2.24, 2.45) is 5.73 Å². The summed E-state index contributed by atoms with van der Waals surface area (Å²) in [6.45, 7) is 6.56. The van der Waals surface area contributed by atoms with Gasteiger partial charge in [-0.05, 0) is 29.8 Å². The highest BCUT2D eigenvalue weighted by atomic mass is 19.1. The molecule has 0 saturated carbocycles. The van der Waals surface area contributed by atoms with E-state index in [1.54, 1.807) is 0 Å². The van der Waals surface area contributed by atoms with Crippen molar-refractivity contribution in [2.75, 3.05) is 11.5 Å². The number of anilines is 2. The Morgan fingerprint density at radius 2 is 1.18 bits per heavy atom. The van der Waals surface area contributed by atoms with Crippen molar-refractivity contribution in [3.8, 4) is 0 Å². The molecule has 2 aromatic carbocycles. The minimum atomic E-state index is -0.893. The van der Waals surface area contributed by atoms with E-state index in [1.165, 1.54) is 0 Å². The van der Waals surface area contributed by atoms with Crippen molar-refractivity contribution in [1.29, 1.82) is 0 Å². The van der Waals surface area contributed by atoms with Gasteiger partial charge in [-0.2, -0.15) is 0 Å². The van der Waals surface area contributed by atoms with Crippen molar-refractivity contribution in [2.45, 2.75) is 6.54 Å². The molecule has 0 aliphatic rings. The minimum Gasteiger partial charge on any atom is -0.394 e. The van der Waals surface area contributed by atoms with Crippen molar-refractivity contribution in [3.05, 3.63) is 64.5 Å². The summed E-state index contributed by atoms with van der Waals surface area (Å²) < 4.78 is 50.3. The second-order valence-electron chi connectivity index (χ2n) is 4.11. The number of hydrogen-bond donors (Lipinski definition) is 3. The Morgan fingerprint density at radius 3 is 1.50 bits per heavy atom. The van der Waals surface area contributed by atoms with Crippen LogP contribution in [0.4, 0.5) is 34.6 Å². The third kappa shape index (κ3) is 4.10. The molecule has 0 heterocycles. The monoisotopic (exact) mass is 312 g/mol. The summed E-state index contributed by atoms with van der Waals surface area (Å²) in [7, 11) is 0. The van der Waals surface area contributed by atoms with Crippen LogP contribution in [-0.4, -0.2) is 0 Å². The van der Waals surface area contributed by atoms with Gasteiger partial charge in [0, 0.05) is 6.54 Å². The van der Waals surface area contributed by atoms with Crippen LogP contribution in [0.25, 0.3) is 4.85 Å². The fraction of sp³-hybridized carbons (Fsp3) is 0.0714. The molecule has 0 spiro atoms. The molecule has 116 valence electrons. The number of benzene rings is 2. The topological polar surface area (TPSA) is 82.4 Å². The predicted molar refractivity (Wildman–Crippen MR) is 75.7 cm³/mol. The highest BCUT2D eigenvalue weighted by Gasteiger charge is 2.06. The zero-order valence-corrected chi connectivity index (χ0v) is 11.2. The van der Waals surface area contributed by atoms with Crippen LogP contribution in [0.3, 0.4) is 0 Å². The first-order valence-corrected chi connectivity index (χ1v) is 5.85. The maximum Gasteiger partial charge on any atom is 0.193 e. The maximum absolute atomic E-state index is 12.6. The summed E-state index contributed by atoms with van der Waals surface area (Å²) >= 11 is 0. The lowest BCUT2D eigenvalue weighted by molar-refractivity contribution is 0.588. The minimum absolute atomic E-state index is 0.0887. The molecule has 0 bridgehead atoms. The van der Waals surface area contributed by atoms with Gasteiger partial charge < -0.3 is 17.2 Å². The average molecular weight is 312 g/mol. The van der Waals surface area contributed by atoms with E-state index < -0.39 is 34.6 Å². The molecule has 0 amide bonds. The molecule has 2 aromatic rings. The number of rotatable bonds is 1. The van der Waals surface area contributed by atoms with Crippen LogP contribution in [0.5, 0.6) is 0 Å². The molecule has 2 rings (SSSR count). The van der Waals surface area contributed by atoms with Crippen molar-refractivity contribution in [3.63, 3.8) is 0 Å². The quantitative estimate of drug-likeness (QED) is 0.430. The molecule has 0 unspecified atom stereocenters. The second kappa shape index (κ2) is 7.28. The molecule has 4 nitrogen and oxygen atoms in total. The number of nitrogens with two attached hydrogens (primary N) is 3. The zero-order chi connectivity index (χ0) is 16.9. The zero-order valence-electron chi connectivity index (χ0n) is 11.2. The molecule has 22 heavy (non-hydrogen) atoms. The van der Waals surface area contributed by atoms with Crippen LogP contribution < -0.4 is 17.2 Å². The Kier molecular flexibility index (Phi) is 5.72. The summed E-state index contributed by atoms with van der Waals surface area (Å²) in [4.78, 5) is 2.85. The second-order valence-corrected chi connectivity index (χ2v) is 4.11. The highest BCUT2D eigenvalue weighted by molar-refractivity contribution is 5.54. The molecule has 8 heteroatoms. The number of hydrogen-bond acceptors (Lipinski definition) is 3. The van der Waals surface area contributed by atoms with E-state index in [4.69, 9.17) is 23.8 Å². The van der Waals surface area contributed by atoms with Gasteiger partial charge in [0.2, 0.25) is 0 Å². The molecular weight excluding hydrogens is 300 g/mol. The lowest BCUT2D eigenvalue weighted by Crippen LogP contribution is -2.01. The standard InChI is InChI=1S/C7H4F2N2.C7H8F2N2/c1-11-4-2-5(8)7(10)6(9)3-4;8-5-1-4(3-10)2-6(9)7(5)11/h2-3H,10H2;1-2H,3,10-11H2. The molecule has 0 radical (unpaired) electrons. The van der Waals surface area contributed by atoms with Crippen LogP contribution in [0.15, 0.2) is 24.3 Å². The van der Waals surface area contributed by atoms with Gasteiger partial charge in [-0.1, -0.05) is 0 Å². The molecule has 0 aliphatic heterocycles. The molecule has 6 N–H and O–H groups in total. The van der Waals surface area contributed by atoms with Gasteiger partial charge in [0.25, 0.3) is 0 Å². The number of halogens is 4. The Bertz CT molecular complexity index is 679. The lowest BCUT2D eigenvalue weighted by atomic mass is 10.2. The van der Waals surface area contributed by atoms with Gasteiger partial charge >= 0.3 is 0 Å². The predicted octanol–water partition coefficient (Wildman–Crippen LogP) is 3.10. The highest BCUT2D eigenvalue weighted by Crippen LogP contribution is 2.22. The van der Waals surface area contributed by atoms with Gasteiger partial charge in [0.15, 0.2) is 5.69 Å². The van der Waals surface area contributed by atoms with Crippen LogP contribution in [0.2, 0.25) is 0 Å². The molecule has 0 aromatic heterocycles. The first-order valence-electron chi connectivity index (χ1n) is 5.85. The third-order valence-electron chi connectivity index (χ3n) is 2.57. The van der Waals surface area contributed by atoms with Gasteiger partial charge in [0.1, 0.15) is 34.6 Å². The smallest absolute Gasteiger partial charge is 0.193 e. The molecule has 0 fully saturated rings. The molecule has 0 atom stereocenters. The van der Waals surface area contributed by atoms with Crippen molar-refractivity contribution < 1.29 is 17.6 Å². The Hall–Kier alpha value is -2.79. The lowest BCUT2D eigenvalue weighted by Gasteiger charge is -2.01. The van der Waals surface area contributed by atoms with E-state index in [2.05, 4.69) is 4.85 Å². The Morgan fingerprint density at radius 1 is 0.818 bits per heavy atom. The summed E-state index contributed by atoms with van der Waals surface area (Å²) in [6.07, 6.45) is 0. The van der Waals surface area contributed by atoms with E-state index in [0.29, 0.717) is 5.56 Å². The maximum atomic E-state index is 12.6. The average Bonchev–Trinajstić information content (AvgIpc) is 2.49. The van der Waals surface area contributed by atoms with Gasteiger partial charge in [-0.25, -0.2) is 22.4 Å². The number of nitrogen functional groups attached to an aromatic ring is 2. The van der Waals surface area contributed by atoms with E-state index in [9.17, 15) is 17.6 Å². The number of nitrogens with zero attached hydrogens (tertiary/aromatic N) is 1. The van der Waals surface area contributed by atoms with Crippen molar-refractivity contribution >= 4 is 17.1 Å². The summed E-state index contributed by atoms with van der Waals surface area (Å²) in [5.41, 5.74) is 14.4. The SMILES string of the molecule is NCc1cc(F)c(N)c(F)c1.[C-]#[N+]c1cc(F)c(N)c(F)c1. The summed E-state index contributed by atoms with van der Waals surface area (Å²) in [5.74, 6) is -3.30. The molecule has 0 aliphatic carbocycles. The Balaban J connectivity index is 0.000000220. The van der Waals surface area contributed by atoms with Crippen LogP contribution in [0, 0.1) is 29.8 Å². The van der Waals surface area contributed by atoms with Crippen LogP contribution in [-0.2, 0) is 6.54 Å². The van der Waals surface area contributed by atoms with E-state index in [-0.39, 0.29) is 12.2 Å². The summed E-state index contributed by atoms with van der Waals surface area (Å²) in [6, 6.07) is 4.04. The fourth-order valence-electron chi connectivity index (χ4n) is 1.39. The van der Waals surface area contributed by atoms with Gasteiger partial charge in [-0.3, -0.25) is 0 Å². The van der Waals surface area contributed by atoms with Crippen LogP contribution >= 0.6 is 0 Å². The normalized spacial score (nSPS) is 9.64. The third-order valence-corrected chi connectivity index (χ3v) is 2.57. The van der Waals surface area contributed by atoms with Crippen LogP contribution in [0.1, 0.15) is 5.56 Å².